The number of likely N-dealkylation sites (tertiary alicyclic amines) is 1. The molecule has 3 atom stereocenters. The van der Waals surface area contributed by atoms with E-state index in [1.807, 2.05) is 14.7 Å². The first-order valence-electron chi connectivity index (χ1n) is 11.8. The van der Waals surface area contributed by atoms with Gasteiger partial charge in [0, 0.05) is 64.8 Å². The number of piperidine rings is 3. The van der Waals surface area contributed by atoms with Crippen molar-refractivity contribution >= 4 is 18.0 Å². The molecule has 4 saturated heterocycles. The van der Waals surface area contributed by atoms with Gasteiger partial charge in [-0.1, -0.05) is 13.8 Å². The first kappa shape index (κ1) is 21.2. The molecule has 4 aliphatic heterocycles. The standard InChI is InChI=1S/C22H37N5O3/c1-16(2)6-7-23-21(29)24-8-10-25(11-9-24)22(30)26-13-17-12-18(15-26)19-4-3-5-20(28)27(19)14-17/h16-19H,3-15H2,1-2H3,(H,23,29)/t17-,18-,19-/m1/s1. The lowest BCUT2D eigenvalue weighted by atomic mass is 9.76. The Hall–Kier alpha value is -1.99. The fourth-order valence-electron chi connectivity index (χ4n) is 5.65. The molecule has 4 heterocycles. The van der Waals surface area contributed by atoms with Gasteiger partial charge in [-0.3, -0.25) is 4.79 Å². The van der Waals surface area contributed by atoms with Crippen LogP contribution in [0.2, 0.25) is 0 Å². The first-order valence-corrected chi connectivity index (χ1v) is 11.8. The average Bonchev–Trinajstić information content (AvgIpc) is 2.73. The van der Waals surface area contributed by atoms with Crippen LogP contribution in [-0.2, 0) is 4.79 Å². The summed E-state index contributed by atoms with van der Waals surface area (Å²) < 4.78 is 0. The molecule has 4 fully saturated rings. The second kappa shape index (κ2) is 9.02. The molecule has 30 heavy (non-hydrogen) atoms. The Morgan fingerprint density at radius 3 is 2.50 bits per heavy atom. The van der Waals surface area contributed by atoms with E-state index in [0.717, 1.165) is 45.3 Å². The SMILES string of the molecule is CC(C)CCNC(=O)N1CCN(C(=O)N2C[C@H]3C[C@H](C2)[C@H]2CCCC(=O)N2C3)CC1. The molecule has 1 N–H and O–H groups in total. The van der Waals surface area contributed by atoms with Crippen molar-refractivity contribution in [3.63, 3.8) is 0 Å². The van der Waals surface area contributed by atoms with Crippen LogP contribution >= 0.6 is 0 Å². The molecular formula is C22H37N5O3. The Bertz CT molecular complexity index is 661. The van der Waals surface area contributed by atoms with Crippen LogP contribution in [-0.4, -0.2) is 96.0 Å². The molecule has 0 saturated carbocycles. The zero-order chi connectivity index (χ0) is 21.3. The molecular weight excluding hydrogens is 382 g/mol. The zero-order valence-electron chi connectivity index (χ0n) is 18.5. The van der Waals surface area contributed by atoms with Crippen LogP contribution in [0.1, 0.15) is 46.0 Å². The van der Waals surface area contributed by atoms with Gasteiger partial charge in [0.2, 0.25) is 5.91 Å². The van der Waals surface area contributed by atoms with Crippen molar-refractivity contribution in [3.05, 3.63) is 0 Å². The molecule has 0 aromatic rings. The third-order valence-corrected chi connectivity index (χ3v) is 7.29. The zero-order valence-corrected chi connectivity index (χ0v) is 18.5. The predicted molar refractivity (Wildman–Crippen MR) is 114 cm³/mol. The summed E-state index contributed by atoms with van der Waals surface area (Å²) in [7, 11) is 0. The molecule has 168 valence electrons. The van der Waals surface area contributed by atoms with Crippen LogP contribution in [0.5, 0.6) is 0 Å². The Morgan fingerprint density at radius 1 is 1.03 bits per heavy atom. The maximum Gasteiger partial charge on any atom is 0.320 e. The van der Waals surface area contributed by atoms with E-state index >= 15 is 0 Å². The summed E-state index contributed by atoms with van der Waals surface area (Å²) in [6.45, 7) is 9.69. The van der Waals surface area contributed by atoms with Crippen molar-refractivity contribution in [2.24, 2.45) is 17.8 Å². The minimum atomic E-state index is -0.0164. The van der Waals surface area contributed by atoms with E-state index in [0.29, 0.717) is 68.8 Å². The highest BCUT2D eigenvalue weighted by molar-refractivity contribution is 5.78. The molecule has 8 nitrogen and oxygen atoms in total. The van der Waals surface area contributed by atoms with Crippen LogP contribution in [0.25, 0.3) is 0 Å². The topological polar surface area (TPSA) is 76.2 Å². The van der Waals surface area contributed by atoms with Crippen molar-refractivity contribution < 1.29 is 14.4 Å². The number of rotatable bonds is 3. The summed E-state index contributed by atoms with van der Waals surface area (Å²) in [6, 6.07) is 0.418. The van der Waals surface area contributed by atoms with Crippen molar-refractivity contribution in [2.75, 3.05) is 52.4 Å². The van der Waals surface area contributed by atoms with E-state index in [-0.39, 0.29) is 12.1 Å². The van der Waals surface area contributed by atoms with E-state index < -0.39 is 0 Å². The lowest BCUT2D eigenvalue weighted by Gasteiger charge is -2.53. The van der Waals surface area contributed by atoms with Gasteiger partial charge in [0.15, 0.2) is 0 Å². The first-order chi connectivity index (χ1) is 14.4. The normalized spacial score (nSPS) is 29.2. The number of hydrogen-bond donors (Lipinski definition) is 1. The van der Waals surface area contributed by atoms with Gasteiger partial charge < -0.3 is 24.9 Å². The monoisotopic (exact) mass is 419 g/mol. The van der Waals surface area contributed by atoms with Crippen LogP contribution in [0.3, 0.4) is 0 Å². The number of urea groups is 2. The third kappa shape index (κ3) is 4.52. The highest BCUT2D eigenvalue weighted by Gasteiger charge is 2.45. The molecule has 0 unspecified atom stereocenters. The number of carbonyl (C=O) groups excluding carboxylic acids is 3. The summed E-state index contributed by atoms with van der Waals surface area (Å²) in [5.41, 5.74) is 0. The molecule has 0 spiro atoms. The van der Waals surface area contributed by atoms with Crippen LogP contribution in [0, 0.1) is 17.8 Å². The average molecular weight is 420 g/mol. The minimum absolute atomic E-state index is 0.0164. The van der Waals surface area contributed by atoms with Gasteiger partial charge in [0.05, 0.1) is 0 Å². The number of carbonyl (C=O) groups is 3. The molecule has 4 rings (SSSR count). The van der Waals surface area contributed by atoms with Crippen LogP contribution in [0.4, 0.5) is 9.59 Å². The van der Waals surface area contributed by atoms with Gasteiger partial charge in [-0.25, -0.2) is 9.59 Å². The fourth-order valence-corrected chi connectivity index (χ4v) is 5.65. The summed E-state index contributed by atoms with van der Waals surface area (Å²) in [4.78, 5) is 45.7. The van der Waals surface area contributed by atoms with E-state index in [4.69, 9.17) is 0 Å². The van der Waals surface area contributed by atoms with Crippen LogP contribution < -0.4 is 5.32 Å². The molecule has 0 aromatic heterocycles. The van der Waals surface area contributed by atoms with E-state index in [9.17, 15) is 14.4 Å². The molecule has 0 radical (unpaired) electrons. The lowest BCUT2D eigenvalue weighted by Crippen LogP contribution is -2.63. The third-order valence-electron chi connectivity index (χ3n) is 7.29. The number of piperazine rings is 1. The van der Waals surface area contributed by atoms with Gasteiger partial charge in [-0.2, -0.15) is 0 Å². The number of nitrogens with one attached hydrogen (secondary N) is 1. The van der Waals surface area contributed by atoms with Crippen molar-refractivity contribution in [1.29, 1.82) is 0 Å². The molecule has 0 aromatic carbocycles. The number of nitrogens with zero attached hydrogens (tertiary/aromatic N) is 4. The Kier molecular flexibility index (Phi) is 6.39. The Morgan fingerprint density at radius 2 is 1.77 bits per heavy atom. The summed E-state index contributed by atoms with van der Waals surface area (Å²) in [5, 5.41) is 2.99. The summed E-state index contributed by atoms with van der Waals surface area (Å²) in [6.07, 6.45) is 4.87. The molecule has 5 amide bonds. The summed E-state index contributed by atoms with van der Waals surface area (Å²) in [5.74, 6) is 1.70. The predicted octanol–water partition coefficient (Wildman–Crippen LogP) is 1.81. The van der Waals surface area contributed by atoms with Gasteiger partial charge in [-0.05, 0) is 43.4 Å². The van der Waals surface area contributed by atoms with Gasteiger partial charge in [0.1, 0.15) is 0 Å². The van der Waals surface area contributed by atoms with Gasteiger partial charge in [0.25, 0.3) is 0 Å². The summed E-state index contributed by atoms with van der Waals surface area (Å²) >= 11 is 0. The highest BCUT2D eigenvalue weighted by atomic mass is 16.2. The molecule has 4 aliphatic rings. The van der Waals surface area contributed by atoms with E-state index in [1.54, 1.807) is 0 Å². The van der Waals surface area contributed by atoms with Crippen molar-refractivity contribution in [2.45, 2.75) is 52.0 Å². The molecule has 0 aliphatic carbocycles. The number of hydrogen-bond acceptors (Lipinski definition) is 3. The van der Waals surface area contributed by atoms with Crippen LogP contribution in [0.15, 0.2) is 0 Å². The fraction of sp³-hybridized carbons (Fsp3) is 0.864. The maximum absolute atomic E-state index is 13.2. The van der Waals surface area contributed by atoms with Crippen molar-refractivity contribution in [3.8, 4) is 0 Å². The minimum Gasteiger partial charge on any atom is -0.339 e. The molecule has 8 heteroatoms. The number of fused-ring (bicyclic) bond motifs is 4. The smallest absolute Gasteiger partial charge is 0.320 e. The second-order valence-electron chi connectivity index (χ2n) is 9.94. The van der Waals surface area contributed by atoms with Gasteiger partial charge >= 0.3 is 12.1 Å². The number of amides is 5. The van der Waals surface area contributed by atoms with E-state index in [2.05, 4.69) is 24.1 Å². The molecule has 2 bridgehead atoms. The Labute approximate surface area is 179 Å². The van der Waals surface area contributed by atoms with E-state index in [1.165, 1.54) is 0 Å². The quantitative estimate of drug-likeness (QED) is 0.758. The van der Waals surface area contributed by atoms with Gasteiger partial charge in [-0.15, -0.1) is 0 Å². The second-order valence-corrected chi connectivity index (χ2v) is 9.94. The van der Waals surface area contributed by atoms with Crippen molar-refractivity contribution in [1.82, 2.24) is 24.9 Å². The Balaban J connectivity index is 1.27. The highest BCUT2D eigenvalue weighted by Crippen LogP contribution is 2.38. The lowest BCUT2D eigenvalue weighted by molar-refractivity contribution is -0.144. The largest absolute Gasteiger partial charge is 0.339 e. The maximum atomic E-state index is 13.2.